The van der Waals surface area contributed by atoms with Crippen molar-refractivity contribution in [2.75, 3.05) is 26.2 Å². The first-order valence-corrected chi connectivity index (χ1v) is 10.0. The van der Waals surface area contributed by atoms with Gasteiger partial charge in [-0.05, 0) is 27.2 Å². The standard InChI is InChI=1S/C20H27N3O2S/c1-14-12-23(13-15(2)25-14)11-7-10-21-19(24)18-16(3)22-20(26-18)17-8-5-4-6-9-17/h4-6,8-9,14-15H,7,10-13H2,1-3H3,(H,21,24)/t14-,15-/m1/s1. The molecule has 1 amide bonds. The molecule has 2 heterocycles. The Hall–Kier alpha value is -1.76. The van der Waals surface area contributed by atoms with E-state index in [9.17, 15) is 4.79 Å². The van der Waals surface area contributed by atoms with Gasteiger partial charge in [-0.2, -0.15) is 0 Å². The minimum atomic E-state index is -0.0223. The third-order valence-corrected chi connectivity index (χ3v) is 5.66. The number of hydrogen-bond donors (Lipinski definition) is 1. The van der Waals surface area contributed by atoms with Crippen LogP contribution in [0.5, 0.6) is 0 Å². The van der Waals surface area contributed by atoms with Crippen LogP contribution in [-0.4, -0.2) is 54.2 Å². The molecule has 0 unspecified atom stereocenters. The van der Waals surface area contributed by atoms with Crippen LogP contribution in [0, 0.1) is 6.92 Å². The number of nitrogens with one attached hydrogen (secondary N) is 1. The molecule has 6 heteroatoms. The molecule has 2 atom stereocenters. The van der Waals surface area contributed by atoms with Gasteiger partial charge in [0.1, 0.15) is 9.88 Å². The third kappa shape index (κ3) is 4.90. The molecule has 2 aromatic rings. The molecule has 3 rings (SSSR count). The van der Waals surface area contributed by atoms with Crippen molar-refractivity contribution in [3.8, 4) is 10.6 Å². The molecule has 1 aromatic heterocycles. The maximum atomic E-state index is 12.5. The van der Waals surface area contributed by atoms with Gasteiger partial charge in [0.25, 0.3) is 5.91 Å². The summed E-state index contributed by atoms with van der Waals surface area (Å²) >= 11 is 1.46. The Morgan fingerprint density at radius 2 is 1.96 bits per heavy atom. The third-order valence-electron chi connectivity index (χ3n) is 4.46. The molecule has 0 bridgehead atoms. The summed E-state index contributed by atoms with van der Waals surface area (Å²) in [5.41, 5.74) is 1.84. The summed E-state index contributed by atoms with van der Waals surface area (Å²) in [6.07, 6.45) is 1.50. The first-order valence-electron chi connectivity index (χ1n) is 9.22. The monoisotopic (exact) mass is 373 g/mol. The quantitative estimate of drug-likeness (QED) is 0.789. The van der Waals surface area contributed by atoms with E-state index in [2.05, 4.69) is 29.0 Å². The number of aryl methyl sites for hydroxylation is 1. The Labute approximate surface area is 159 Å². The Morgan fingerprint density at radius 1 is 1.27 bits per heavy atom. The summed E-state index contributed by atoms with van der Waals surface area (Å²) in [5, 5.41) is 3.93. The first kappa shape index (κ1) is 19.0. The van der Waals surface area contributed by atoms with Crippen LogP contribution in [0.3, 0.4) is 0 Å². The molecular formula is C20H27N3O2S. The molecule has 1 saturated heterocycles. The molecule has 0 aliphatic carbocycles. The average molecular weight is 374 g/mol. The van der Waals surface area contributed by atoms with Gasteiger partial charge in [-0.1, -0.05) is 30.3 Å². The van der Waals surface area contributed by atoms with Crippen molar-refractivity contribution in [2.45, 2.75) is 39.4 Å². The number of carbonyl (C=O) groups excluding carboxylic acids is 1. The predicted molar refractivity (Wildman–Crippen MR) is 106 cm³/mol. The summed E-state index contributed by atoms with van der Waals surface area (Å²) in [4.78, 5) is 20.2. The highest BCUT2D eigenvalue weighted by Gasteiger charge is 2.21. The van der Waals surface area contributed by atoms with Crippen LogP contribution in [-0.2, 0) is 4.74 Å². The Balaban J connectivity index is 1.49. The number of amides is 1. The van der Waals surface area contributed by atoms with Crippen molar-refractivity contribution in [3.05, 3.63) is 40.9 Å². The van der Waals surface area contributed by atoms with E-state index in [0.717, 1.165) is 42.3 Å². The number of aromatic nitrogens is 1. The normalized spacial score (nSPS) is 20.9. The average Bonchev–Trinajstić information content (AvgIpc) is 3.00. The van der Waals surface area contributed by atoms with E-state index in [-0.39, 0.29) is 18.1 Å². The van der Waals surface area contributed by atoms with Crippen molar-refractivity contribution in [1.82, 2.24) is 15.2 Å². The smallest absolute Gasteiger partial charge is 0.263 e. The van der Waals surface area contributed by atoms with Gasteiger partial charge in [0, 0.05) is 31.7 Å². The zero-order valence-electron chi connectivity index (χ0n) is 15.7. The number of morpholine rings is 1. The van der Waals surface area contributed by atoms with Crippen LogP contribution in [0.15, 0.2) is 30.3 Å². The lowest BCUT2D eigenvalue weighted by Gasteiger charge is -2.35. The van der Waals surface area contributed by atoms with Crippen LogP contribution in [0.2, 0.25) is 0 Å². The molecule has 1 N–H and O–H groups in total. The van der Waals surface area contributed by atoms with E-state index in [1.54, 1.807) is 0 Å². The van der Waals surface area contributed by atoms with E-state index in [4.69, 9.17) is 4.74 Å². The molecule has 5 nitrogen and oxygen atoms in total. The van der Waals surface area contributed by atoms with Gasteiger partial charge < -0.3 is 10.1 Å². The number of nitrogens with zero attached hydrogens (tertiary/aromatic N) is 2. The van der Waals surface area contributed by atoms with Crippen molar-refractivity contribution in [3.63, 3.8) is 0 Å². The van der Waals surface area contributed by atoms with Crippen LogP contribution in [0.4, 0.5) is 0 Å². The fourth-order valence-electron chi connectivity index (χ4n) is 3.36. The molecule has 1 fully saturated rings. The molecule has 1 aromatic carbocycles. The Morgan fingerprint density at radius 3 is 2.65 bits per heavy atom. The molecular weight excluding hydrogens is 346 g/mol. The molecule has 1 aliphatic heterocycles. The second-order valence-electron chi connectivity index (χ2n) is 6.93. The van der Waals surface area contributed by atoms with Gasteiger partial charge in [-0.25, -0.2) is 4.98 Å². The Bertz CT molecular complexity index is 722. The summed E-state index contributed by atoms with van der Waals surface area (Å²) in [6.45, 7) is 9.71. The van der Waals surface area contributed by atoms with E-state index >= 15 is 0 Å². The summed E-state index contributed by atoms with van der Waals surface area (Å²) in [7, 11) is 0. The second-order valence-corrected chi connectivity index (χ2v) is 7.92. The molecule has 1 aliphatic rings. The van der Waals surface area contributed by atoms with Crippen molar-refractivity contribution in [2.24, 2.45) is 0 Å². The maximum Gasteiger partial charge on any atom is 0.263 e. The number of ether oxygens (including phenoxy) is 1. The molecule has 140 valence electrons. The SMILES string of the molecule is Cc1nc(-c2ccccc2)sc1C(=O)NCCCN1C[C@@H](C)O[C@H](C)C1. The van der Waals surface area contributed by atoms with Gasteiger partial charge in [0.05, 0.1) is 17.9 Å². The zero-order valence-corrected chi connectivity index (χ0v) is 16.5. The number of rotatable bonds is 6. The van der Waals surface area contributed by atoms with Gasteiger partial charge in [0.2, 0.25) is 0 Å². The first-order chi connectivity index (χ1) is 12.5. The van der Waals surface area contributed by atoms with Crippen molar-refractivity contribution in [1.29, 1.82) is 0 Å². The van der Waals surface area contributed by atoms with E-state index in [0.29, 0.717) is 11.4 Å². The van der Waals surface area contributed by atoms with E-state index in [1.165, 1.54) is 11.3 Å². The fraction of sp³-hybridized carbons (Fsp3) is 0.500. The number of thiazole rings is 1. The largest absolute Gasteiger partial charge is 0.373 e. The number of carbonyl (C=O) groups is 1. The van der Waals surface area contributed by atoms with Gasteiger partial charge in [0.15, 0.2) is 0 Å². The van der Waals surface area contributed by atoms with Crippen LogP contribution in [0.1, 0.15) is 35.6 Å². The predicted octanol–water partition coefficient (Wildman–Crippen LogP) is 3.35. The molecule has 0 saturated carbocycles. The van der Waals surface area contributed by atoms with Crippen LogP contribution < -0.4 is 5.32 Å². The molecule has 26 heavy (non-hydrogen) atoms. The molecule has 0 spiro atoms. The van der Waals surface area contributed by atoms with Crippen molar-refractivity contribution >= 4 is 17.2 Å². The Kier molecular flexibility index (Phi) is 6.40. The summed E-state index contributed by atoms with van der Waals surface area (Å²) in [6, 6.07) is 9.99. The van der Waals surface area contributed by atoms with Crippen LogP contribution in [0.25, 0.3) is 10.6 Å². The second kappa shape index (κ2) is 8.75. The minimum absolute atomic E-state index is 0.0223. The highest BCUT2D eigenvalue weighted by atomic mass is 32.1. The highest BCUT2D eigenvalue weighted by molar-refractivity contribution is 7.17. The van der Waals surface area contributed by atoms with Gasteiger partial charge in [-0.3, -0.25) is 9.69 Å². The summed E-state index contributed by atoms with van der Waals surface area (Å²) in [5.74, 6) is -0.0223. The maximum absolute atomic E-state index is 12.5. The topological polar surface area (TPSA) is 54.5 Å². The lowest BCUT2D eigenvalue weighted by molar-refractivity contribution is -0.0679. The van der Waals surface area contributed by atoms with Gasteiger partial charge >= 0.3 is 0 Å². The van der Waals surface area contributed by atoms with Gasteiger partial charge in [-0.15, -0.1) is 11.3 Å². The lowest BCUT2D eigenvalue weighted by atomic mass is 10.2. The fourth-order valence-corrected chi connectivity index (χ4v) is 4.35. The van der Waals surface area contributed by atoms with E-state index in [1.807, 2.05) is 37.3 Å². The van der Waals surface area contributed by atoms with Crippen LogP contribution >= 0.6 is 11.3 Å². The lowest BCUT2D eigenvalue weighted by Crippen LogP contribution is -2.46. The van der Waals surface area contributed by atoms with Crippen molar-refractivity contribution < 1.29 is 9.53 Å². The number of hydrogen-bond acceptors (Lipinski definition) is 5. The molecule has 0 radical (unpaired) electrons. The minimum Gasteiger partial charge on any atom is -0.373 e. The van der Waals surface area contributed by atoms with E-state index < -0.39 is 0 Å². The highest BCUT2D eigenvalue weighted by Crippen LogP contribution is 2.27. The zero-order chi connectivity index (χ0) is 18.5. The number of benzene rings is 1. The summed E-state index contributed by atoms with van der Waals surface area (Å²) < 4.78 is 5.75.